The van der Waals surface area contributed by atoms with Crippen molar-refractivity contribution in [3.63, 3.8) is 0 Å². The number of hydrogen-bond donors (Lipinski definition) is 2. The van der Waals surface area contributed by atoms with E-state index in [0.717, 1.165) is 6.07 Å². The molecule has 0 unspecified atom stereocenters. The first-order valence-corrected chi connectivity index (χ1v) is 7.20. The molecule has 0 aliphatic carbocycles. The lowest BCUT2D eigenvalue weighted by Gasteiger charge is -2.22. The Kier molecular flexibility index (Phi) is 4.29. The summed E-state index contributed by atoms with van der Waals surface area (Å²) in [4.78, 5) is -0.755. The van der Waals surface area contributed by atoms with Crippen LogP contribution in [0.2, 0.25) is 0 Å². The number of thiol groups is 1. The standard InChI is InChI=1S/C11H14F3NO2S2/c1-10(2,3)15-19(16,17)9-5-4-7(18)6-8(9)11(12,13)14/h4-6,15,18H,1-3H3. The monoisotopic (exact) mass is 313 g/mol. The quantitative estimate of drug-likeness (QED) is 0.824. The summed E-state index contributed by atoms with van der Waals surface area (Å²) in [6.45, 7) is 4.64. The summed E-state index contributed by atoms with van der Waals surface area (Å²) in [6.07, 6.45) is -4.76. The van der Waals surface area contributed by atoms with Crippen LogP contribution < -0.4 is 4.72 Å². The van der Waals surface area contributed by atoms with Gasteiger partial charge in [-0.1, -0.05) is 0 Å². The molecule has 3 nitrogen and oxygen atoms in total. The first-order chi connectivity index (χ1) is 8.33. The summed E-state index contributed by atoms with van der Waals surface area (Å²) in [6, 6.07) is 2.80. The Morgan fingerprint density at radius 3 is 2.11 bits per heavy atom. The van der Waals surface area contributed by atoms with E-state index >= 15 is 0 Å². The summed E-state index contributed by atoms with van der Waals surface area (Å²) in [5.74, 6) is 0. The Bertz CT molecular complexity index is 575. The SMILES string of the molecule is CC(C)(C)NS(=O)(=O)c1ccc(S)cc1C(F)(F)F. The van der Waals surface area contributed by atoms with Crippen LogP contribution in [0, 0.1) is 0 Å². The fraction of sp³-hybridized carbons (Fsp3) is 0.455. The molecule has 0 atom stereocenters. The van der Waals surface area contributed by atoms with Crippen molar-refractivity contribution in [3.8, 4) is 0 Å². The molecule has 1 rings (SSSR count). The van der Waals surface area contributed by atoms with Crippen LogP contribution in [-0.4, -0.2) is 14.0 Å². The zero-order chi connectivity index (χ0) is 15.1. The fourth-order valence-electron chi connectivity index (χ4n) is 1.43. The molecular weight excluding hydrogens is 299 g/mol. The van der Waals surface area contributed by atoms with Gasteiger partial charge in [-0.25, -0.2) is 13.1 Å². The molecule has 0 saturated carbocycles. The third-order valence-corrected chi connectivity index (χ3v) is 4.09. The van der Waals surface area contributed by atoms with E-state index in [9.17, 15) is 21.6 Å². The smallest absolute Gasteiger partial charge is 0.207 e. The molecule has 0 spiro atoms. The Labute approximate surface area is 115 Å². The van der Waals surface area contributed by atoms with Crippen LogP contribution in [-0.2, 0) is 16.2 Å². The van der Waals surface area contributed by atoms with Crippen LogP contribution in [0.25, 0.3) is 0 Å². The molecule has 0 aliphatic rings. The number of sulfonamides is 1. The maximum atomic E-state index is 12.9. The molecule has 1 aromatic rings. The van der Waals surface area contributed by atoms with Crippen molar-refractivity contribution >= 4 is 22.7 Å². The largest absolute Gasteiger partial charge is 0.417 e. The number of rotatable bonds is 2. The van der Waals surface area contributed by atoms with Gasteiger partial charge in [0.1, 0.15) is 0 Å². The van der Waals surface area contributed by atoms with Crippen LogP contribution >= 0.6 is 12.6 Å². The minimum absolute atomic E-state index is 0.0435. The average Bonchev–Trinajstić information content (AvgIpc) is 2.11. The number of nitrogens with one attached hydrogen (secondary N) is 1. The number of benzene rings is 1. The van der Waals surface area contributed by atoms with Gasteiger partial charge in [0.25, 0.3) is 0 Å². The van der Waals surface area contributed by atoms with E-state index in [4.69, 9.17) is 0 Å². The molecular formula is C11H14F3NO2S2. The van der Waals surface area contributed by atoms with E-state index in [1.807, 2.05) is 0 Å². The number of halogens is 3. The van der Waals surface area contributed by atoms with E-state index in [-0.39, 0.29) is 4.90 Å². The molecule has 19 heavy (non-hydrogen) atoms. The zero-order valence-electron chi connectivity index (χ0n) is 10.5. The molecule has 0 bridgehead atoms. The summed E-state index contributed by atoms with van der Waals surface area (Å²) < 4.78 is 64.8. The Hall–Kier alpha value is -0.730. The average molecular weight is 313 g/mol. The molecule has 0 fully saturated rings. The van der Waals surface area contributed by atoms with Gasteiger partial charge in [0, 0.05) is 10.4 Å². The molecule has 1 N–H and O–H groups in total. The highest BCUT2D eigenvalue weighted by Gasteiger charge is 2.38. The Morgan fingerprint density at radius 1 is 1.16 bits per heavy atom. The van der Waals surface area contributed by atoms with Crippen molar-refractivity contribution in [1.82, 2.24) is 4.72 Å². The minimum Gasteiger partial charge on any atom is -0.207 e. The predicted molar refractivity (Wildman–Crippen MR) is 68.8 cm³/mol. The lowest BCUT2D eigenvalue weighted by Crippen LogP contribution is -2.41. The molecule has 0 saturated heterocycles. The molecule has 0 aromatic heterocycles. The van der Waals surface area contributed by atoms with Gasteiger partial charge >= 0.3 is 6.18 Å². The van der Waals surface area contributed by atoms with Gasteiger partial charge in [0.05, 0.1) is 10.5 Å². The zero-order valence-corrected chi connectivity index (χ0v) is 12.2. The molecule has 8 heteroatoms. The summed E-state index contributed by atoms with van der Waals surface area (Å²) in [5.41, 5.74) is -2.10. The second kappa shape index (κ2) is 4.99. The highest BCUT2D eigenvalue weighted by atomic mass is 32.2. The van der Waals surface area contributed by atoms with Crippen molar-refractivity contribution in [2.75, 3.05) is 0 Å². The Morgan fingerprint density at radius 2 is 1.68 bits per heavy atom. The maximum absolute atomic E-state index is 12.9. The predicted octanol–water partition coefficient (Wildman–Crippen LogP) is 3.07. The highest BCUT2D eigenvalue weighted by Crippen LogP contribution is 2.35. The van der Waals surface area contributed by atoms with Crippen molar-refractivity contribution in [1.29, 1.82) is 0 Å². The van der Waals surface area contributed by atoms with Gasteiger partial charge in [0.2, 0.25) is 10.0 Å². The van der Waals surface area contributed by atoms with E-state index in [2.05, 4.69) is 17.4 Å². The van der Waals surface area contributed by atoms with Crippen molar-refractivity contribution < 1.29 is 21.6 Å². The number of alkyl halides is 3. The van der Waals surface area contributed by atoms with E-state index in [0.29, 0.717) is 6.07 Å². The van der Waals surface area contributed by atoms with Crippen LogP contribution in [0.3, 0.4) is 0 Å². The molecule has 0 radical (unpaired) electrons. The lowest BCUT2D eigenvalue weighted by atomic mass is 10.1. The van der Waals surface area contributed by atoms with Crippen LogP contribution in [0.5, 0.6) is 0 Å². The van der Waals surface area contributed by atoms with Crippen molar-refractivity contribution in [3.05, 3.63) is 23.8 Å². The van der Waals surface area contributed by atoms with Crippen LogP contribution in [0.4, 0.5) is 13.2 Å². The van der Waals surface area contributed by atoms with E-state index in [1.165, 1.54) is 6.07 Å². The normalized spacial score (nSPS) is 13.6. The van der Waals surface area contributed by atoms with E-state index in [1.54, 1.807) is 20.8 Å². The van der Waals surface area contributed by atoms with Gasteiger partial charge in [-0.05, 0) is 39.0 Å². The van der Waals surface area contributed by atoms with Gasteiger partial charge in [-0.2, -0.15) is 13.2 Å². The van der Waals surface area contributed by atoms with Gasteiger partial charge in [-0.15, -0.1) is 12.6 Å². The lowest BCUT2D eigenvalue weighted by molar-refractivity contribution is -0.140. The topological polar surface area (TPSA) is 46.2 Å². The Balaban J connectivity index is 3.44. The molecule has 0 heterocycles. The van der Waals surface area contributed by atoms with Crippen molar-refractivity contribution in [2.45, 2.75) is 42.3 Å². The van der Waals surface area contributed by atoms with E-state index < -0.39 is 32.2 Å². The summed E-state index contributed by atoms with van der Waals surface area (Å²) in [5, 5.41) is 0. The number of hydrogen-bond acceptors (Lipinski definition) is 3. The summed E-state index contributed by atoms with van der Waals surface area (Å²) >= 11 is 3.80. The van der Waals surface area contributed by atoms with Gasteiger partial charge in [0.15, 0.2) is 0 Å². The first-order valence-electron chi connectivity index (χ1n) is 5.27. The molecule has 108 valence electrons. The third kappa shape index (κ3) is 4.39. The minimum atomic E-state index is -4.76. The second-order valence-electron chi connectivity index (χ2n) is 5.03. The third-order valence-electron chi connectivity index (χ3n) is 2.00. The molecule has 0 aliphatic heterocycles. The fourth-order valence-corrected chi connectivity index (χ4v) is 3.26. The second-order valence-corrected chi connectivity index (χ2v) is 7.20. The first kappa shape index (κ1) is 16.3. The molecule has 0 amide bonds. The van der Waals surface area contributed by atoms with Crippen molar-refractivity contribution in [2.24, 2.45) is 0 Å². The molecule has 1 aromatic carbocycles. The maximum Gasteiger partial charge on any atom is 0.417 e. The van der Waals surface area contributed by atoms with Gasteiger partial charge in [-0.3, -0.25) is 0 Å². The van der Waals surface area contributed by atoms with Crippen LogP contribution in [0.15, 0.2) is 28.0 Å². The highest BCUT2D eigenvalue weighted by molar-refractivity contribution is 7.89. The van der Waals surface area contributed by atoms with Gasteiger partial charge < -0.3 is 0 Å². The van der Waals surface area contributed by atoms with Crippen LogP contribution in [0.1, 0.15) is 26.3 Å². The summed E-state index contributed by atoms with van der Waals surface area (Å²) in [7, 11) is -4.25.